The number of carbonyl (C=O) groups excluding carboxylic acids is 2. The van der Waals surface area contributed by atoms with E-state index in [0.717, 1.165) is 24.8 Å². The number of hydrogen-bond acceptors (Lipinski definition) is 4. The van der Waals surface area contributed by atoms with E-state index in [0.29, 0.717) is 41.4 Å². The summed E-state index contributed by atoms with van der Waals surface area (Å²) in [6.45, 7) is 10.6. The highest BCUT2D eigenvalue weighted by Crippen LogP contribution is 2.34. The molecule has 1 aliphatic rings. The number of alkyl carbamates (subject to hydrolysis) is 1. The first-order valence-corrected chi connectivity index (χ1v) is 10.8. The van der Waals surface area contributed by atoms with Crippen LogP contribution in [-0.4, -0.2) is 48.7 Å². The molecule has 1 aromatic rings. The highest BCUT2D eigenvalue weighted by molar-refractivity contribution is 6.42. The van der Waals surface area contributed by atoms with Crippen LogP contribution < -0.4 is 10.1 Å². The summed E-state index contributed by atoms with van der Waals surface area (Å²) in [4.78, 5) is 25.9. The molecule has 2 amide bonds. The molecule has 6 nitrogen and oxygen atoms in total. The molecule has 166 valence electrons. The second-order valence-corrected chi connectivity index (χ2v) is 9.17. The van der Waals surface area contributed by atoms with Crippen molar-refractivity contribution in [2.24, 2.45) is 5.92 Å². The molecule has 0 atom stereocenters. The fourth-order valence-electron chi connectivity index (χ4n) is 3.28. The van der Waals surface area contributed by atoms with Gasteiger partial charge in [-0.3, -0.25) is 4.79 Å². The standard InChI is InChI=1S/C22H30Cl2N2O4/c1-5-10-29-19-13-18(24)17(23)12-16(19)11-15-6-8-26(9-7-15)20(27)14-25-21(28)30-22(2,3)4/h5,12-13,15H,1,6-11,14H2,2-4H3,(H,25,28). The number of ether oxygens (including phenoxy) is 2. The van der Waals surface area contributed by atoms with Gasteiger partial charge in [0, 0.05) is 19.2 Å². The van der Waals surface area contributed by atoms with Gasteiger partial charge in [-0.2, -0.15) is 0 Å². The van der Waals surface area contributed by atoms with Gasteiger partial charge in [0.1, 0.15) is 24.5 Å². The third-order valence-electron chi connectivity index (χ3n) is 4.72. The van der Waals surface area contributed by atoms with Crippen LogP contribution in [0.4, 0.5) is 4.79 Å². The Morgan fingerprint density at radius 1 is 1.23 bits per heavy atom. The predicted molar refractivity (Wildman–Crippen MR) is 119 cm³/mol. The van der Waals surface area contributed by atoms with Crippen LogP contribution in [0, 0.1) is 5.92 Å². The van der Waals surface area contributed by atoms with Gasteiger partial charge < -0.3 is 19.7 Å². The Hall–Kier alpha value is -1.92. The number of rotatable bonds is 7. The van der Waals surface area contributed by atoms with E-state index in [1.165, 1.54) is 0 Å². The van der Waals surface area contributed by atoms with E-state index in [-0.39, 0.29) is 12.5 Å². The topological polar surface area (TPSA) is 67.9 Å². The normalized spacial score (nSPS) is 14.9. The number of nitrogens with one attached hydrogen (secondary N) is 1. The molecule has 0 aromatic heterocycles. The summed E-state index contributed by atoms with van der Waals surface area (Å²) in [5.41, 5.74) is 0.409. The average Bonchev–Trinajstić information content (AvgIpc) is 2.67. The van der Waals surface area contributed by atoms with Crippen molar-refractivity contribution >= 4 is 35.2 Å². The van der Waals surface area contributed by atoms with Crippen LogP contribution in [0.2, 0.25) is 10.0 Å². The summed E-state index contributed by atoms with van der Waals surface area (Å²) < 4.78 is 10.9. The molecule has 1 aliphatic heterocycles. The number of likely N-dealkylation sites (tertiary alicyclic amines) is 1. The quantitative estimate of drug-likeness (QED) is 0.594. The molecule has 0 saturated carbocycles. The van der Waals surface area contributed by atoms with Gasteiger partial charge in [-0.15, -0.1) is 0 Å². The van der Waals surface area contributed by atoms with Crippen LogP contribution in [-0.2, 0) is 16.0 Å². The van der Waals surface area contributed by atoms with Gasteiger partial charge in [-0.25, -0.2) is 4.79 Å². The van der Waals surface area contributed by atoms with Crippen LogP contribution >= 0.6 is 23.2 Å². The summed E-state index contributed by atoms with van der Waals surface area (Å²) in [6.07, 6.45) is 3.61. The molecule has 0 aliphatic carbocycles. The predicted octanol–water partition coefficient (Wildman–Crippen LogP) is 4.86. The number of nitrogens with zero attached hydrogens (tertiary/aromatic N) is 1. The lowest BCUT2D eigenvalue weighted by atomic mass is 9.89. The zero-order valence-corrected chi connectivity index (χ0v) is 19.3. The minimum Gasteiger partial charge on any atom is -0.489 e. The van der Waals surface area contributed by atoms with E-state index in [1.807, 2.05) is 6.07 Å². The number of benzene rings is 1. The van der Waals surface area contributed by atoms with Gasteiger partial charge in [-0.05, 0) is 57.6 Å². The molecule has 8 heteroatoms. The zero-order valence-electron chi connectivity index (χ0n) is 17.8. The molecule has 0 radical (unpaired) electrons. The molecule has 0 unspecified atom stereocenters. The number of piperidine rings is 1. The Bertz CT molecular complexity index is 769. The van der Waals surface area contributed by atoms with Crippen LogP contribution in [0.3, 0.4) is 0 Å². The van der Waals surface area contributed by atoms with E-state index in [9.17, 15) is 9.59 Å². The van der Waals surface area contributed by atoms with Crippen LogP contribution in [0.1, 0.15) is 39.2 Å². The molecule has 1 fully saturated rings. The smallest absolute Gasteiger partial charge is 0.408 e. The van der Waals surface area contributed by atoms with Crippen LogP contribution in [0.15, 0.2) is 24.8 Å². The van der Waals surface area contributed by atoms with E-state index < -0.39 is 11.7 Å². The van der Waals surface area contributed by atoms with Crippen molar-refractivity contribution in [1.29, 1.82) is 0 Å². The van der Waals surface area contributed by atoms with Crippen molar-refractivity contribution in [2.45, 2.75) is 45.6 Å². The lowest BCUT2D eigenvalue weighted by molar-refractivity contribution is -0.131. The third-order valence-corrected chi connectivity index (χ3v) is 5.44. The van der Waals surface area contributed by atoms with Gasteiger partial charge in [0.05, 0.1) is 10.0 Å². The molecular weight excluding hydrogens is 427 g/mol. The summed E-state index contributed by atoms with van der Waals surface area (Å²) >= 11 is 12.3. The fraction of sp³-hybridized carbons (Fsp3) is 0.545. The molecule has 2 rings (SSSR count). The summed E-state index contributed by atoms with van der Waals surface area (Å²) in [7, 11) is 0. The molecule has 1 saturated heterocycles. The molecule has 1 heterocycles. The zero-order chi connectivity index (χ0) is 22.3. The van der Waals surface area contributed by atoms with Crippen LogP contribution in [0.25, 0.3) is 0 Å². The number of halogens is 2. The lowest BCUT2D eigenvalue weighted by Gasteiger charge is -2.32. The first kappa shape index (κ1) is 24.4. The summed E-state index contributed by atoms with van der Waals surface area (Å²) in [6, 6.07) is 3.59. The maximum absolute atomic E-state index is 12.4. The number of hydrogen-bond donors (Lipinski definition) is 1. The molecular formula is C22H30Cl2N2O4. The SMILES string of the molecule is C=CCOc1cc(Cl)c(Cl)cc1CC1CCN(C(=O)CNC(=O)OC(C)(C)C)CC1. The van der Waals surface area contributed by atoms with Crippen molar-refractivity contribution in [2.75, 3.05) is 26.2 Å². The van der Waals surface area contributed by atoms with Crippen molar-refractivity contribution in [3.63, 3.8) is 0 Å². The average molecular weight is 457 g/mol. The first-order chi connectivity index (χ1) is 14.1. The minimum absolute atomic E-state index is 0.0636. The third kappa shape index (κ3) is 7.73. The molecule has 0 bridgehead atoms. The van der Waals surface area contributed by atoms with Crippen molar-refractivity contribution in [3.05, 3.63) is 40.4 Å². The van der Waals surface area contributed by atoms with E-state index in [4.69, 9.17) is 32.7 Å². The fourth-order valence-corrected chi connectivity index (χ4v) is 3.62. The largest absolute Gasteiger partial charge is 0.489 e. The molecule has 0 spiro atoms. The highest BCUT2D eigenvalue weighted by atomic mass is 35.5. The maximum Gasteiger partial charge on any atom is 0.408 e. The molecule has 1 N–H and O–H groups in total. The number of amides is 2. The second-order valence-electron chi connectivity index (χ2n) is 8.36. The van der Waals surface area contributed by atoms with Crippen molar-refractivity contribution < 1.29 is 19.1 Å². The highest BCUT2D eigenvalue weighted by Gasteiger charge is 2.25. The summed E-state index contributed by atoms with van der Waals surface area (Å²) in [5, 5.41) is 3.48. The van der Waals surface area contributed by atoms with Crippen molar-refractivity contribution in [1.82, 2.24) is 10.2 Å². The van der Waals surface area contributed by atoms with E-state index in [1.54, 1.807) is 37.8 Å². The van der Waals surface area contributed by atoms with Gasteiger partial charge in [-0.1, -0.05) is 35.9 Å². The first-order valence-electron chi connectivity index (χ1n) is 10.0. The lowest BCUT2D eigenvalue weighted by Crippen LogP contribution is -2.45. The Morgan fingerprint density at radius 3 is 2.47 bits per heavy atom. The van der Waals surface area contributed by atoms with Crippen LogP contribution in [0.5, 0.6) is 5.75 Å². The van der Waals surface area contributed by atoms with Crippen molar-refractivity contribution in [3.8, 4) is 5.75 Å². The molecule has 30 heavy (non-hydrogen) atoms. The van der Waals surface area contributed by atoms with Gasteiger partial charge in [0.15, 0.2) is 0 Å². The second kappa shape index (κ2) is 10.9. The van der Waals surface area contributed by atoms with Gasteiger partial charge in [0.25, 0.3) is 0 Å². The Kier molecular flexibility index (Phi) is 8.86. The van der Waals surface area contributed by atoms with Gasteiger partial charge >= 0.3 is 6.09 Å². The Balaban J connectivity index is 1.86. The number of carbonyl (C=O) groups is 2. The Labute approximate surface area is 188 Å². The summed E-state index contributed by atoms with van der Waals surface area (Å²) in [5.74, 6) is 1.00. The monoisotopic (exact) mass is 456 g/mol. The van der Waals surface area contributed by atoms with E-state index >= 15 is 0 Å². The van der Waals surface area contributed by atoms with E-state index in [2.05, 4.69) is 11.9 Å². The van der Waals surface area contributed by atoms with Gasteiger partial charge in [0.2, 0.25) is 5.91 Å². The minimum atomic E-state index is -0.593. The Morgan fingerprint density at radius 2 is 1.87 bits per heavy atom. The molecule has 1 aromatic carbocycles. The maximum atomic E-state index is 12.4.